The summed E-state index contributed by atoms with van der Waals surface area (Å²) in [6, 6.07) is 5.19. The molecule has 0 amide bonds. The van der Waals surface area contributed by atoms with Gasteiger partial charge in [0.05, 0.1) is 10.5 Å². The Morgan fingerprint density at radius 2 is 2.00 bits per heavy atom. The number of nitrogens with zero attached hydrogens (tertiary/aromatic N) is 1. The molecule has 1 aromatic rings. The van der Waals surface area contributed by atoms with Crippen LogP contribution < -0.4 is 0 Å². The number of benzene rings is 1. The lowest BCUT2D eigenvalue weighted by Crippen LogP contribution is -2.06. The molecule has 0 heterocycles. The predicted octanol–water partition coefficient (Wildman–Crippen LogP) is 2.66. The Morgan fingerprint density at radius 3 is 2.44 bits per heavy atom. The van der Waals surface area contributed by atoms with Crippen LogP contribution in [0.25, 0.3) is 0 Å². The number of nitro groups is 1. The highest BCUT2D eigenvalue weighted by molar-refractivity contribution is 9.11. The van der Waals surface area contributed by atoms with Gasteiger partial charge in [-0.3, -0.25) is 10.1 Å². The van der Waals surface area contributed by atoms with E-state index in [4.69, 9.17) is 4.74 Å². The summed E-state index contributed by atoms with van der Waals surface area (Å²) in [7, 11) is 0. The number of carbonyl (C=O) groups is 1. The predicted molar refractivity (Wildman–Crippen MR) is 61.4 cm³/mol. The van der Waals surface area contributed by atoms with Crippen molar-refractivity contribution in [2.45, 2.75) is 0 Å². The van der Waals surface area contributed by atoms with Gasteiger partial charge in [0.15, 0.2) is 0 Å². The first-order valence-corrected chi connectivity index (χ1v) is 5.05. The van der Waals surface area contributed by atoms with Gasteiger partial charge in [0.25, 0.3) is 5.69 Å². The van der Waals surface area contributed by atoms with Crippen molar-refractivity contribution >= 4 is 27.6 Å². The third-order valence-corrected chi connectivity index (χ3v) is 1.90. The van der Waals surface area contributed by atoms with Crippen molar-refractivity contribution in [2.75, 3.05) is 6.61 Å². The maximum atomic E-state index is 11.4. The fourth-order valence-corrected chi connectivity index (χ4v) is 1.06. The van der Waals surface area contributed by atoms with Gasteiger partial charge in [0.2, 0.25) is 0 Å². The molecule has 0 aliphatic heterocycles. The van der Waals surface area contributed by atoms with E-state index in [1.165, 1.54) is 24.3 Å². The average Bonchev–Trinajstić information content (AvgIpc) is 2.26. The standard InChI is InChI=1S/C10H8BrNO4/c1-7(11)6-16-10(13)8-2-4-9(5-3-8)12(14)15/h2-5H,1,6H2. The molecule has 0 aromatic heterocycles. The van der Waals surface area contributed by atoms with Crippen molar-refractivity contribution in [3.05, 3.63) is 51.0 Å². The third kappa shape index (κ3) is 3.47. The number of rotatable bonds is 4. The molecule has 16 heavy (non-hydrogen) atoms. The normalized spacial score (nSPS) is 9.56. The topological polar surface area (TPSA) is 69.4 Å². The molecule has 1 aromatic carbocycles. The average molecular weight is 286 g/mol. The number of hydrogen-bond donors (Lipinski definition) is 0. The summed E-state index contributed by atoms with van der Waals surface area (Å²) in [6.45, 7) is 3.57. The molecule has 5 nitrogen and oxygen atoms in total. The van der Waals surface area contributed by atoms with E-state index in [1.807, 2.05) is 0 Å². The minimum atomic E-state index is -0.546. The zero-order chi connectivity index (χ0) is 12.1. The molecule has 0 bridgehead atoms. The van der Waals surface area contributed by atoms with Gasteiger partial charge in [-0.1, -0.05) is 22.5 Å². The highest BCUT2D eigenvalue weighted by atomic mass is 79.9. The molecule has 0 saturated heterocycles. The molecule has 0 spiro atoms. The lowest BCUT2D eigenvalue weighted by atomic mass is 10.2. The fraction of sp³-hybridized carbons (Fsp3) is 0.100. The summed E-state index contributed by atoms with van der Waals surface area (Å²) in [6.07, 6.45) is 0. The Morgan fingerprint density at radius 1 is 1.44 bits per heavy atom. The molecule has 1 rings (SSSR count). The maximum Gasteiger partial charge on any atom is 0.338 e. The van der Waals surface area contributed by atoms with Gasteiger partial charge in [0.1, 0.15) is 6.61 Å². The number of hydrogen-bond acceptors (Lipinski definition) is 4. The summed E-state index contributed by atoms with van der Waals surface area (Å²) in [4.78, 5) is 21.2. The molecule has 0 atom stereocenters. The number of carbonyl (C=O) groups excluding carboxylic acids is 1. The van der Waals surface area contributed by atoms with E-state index >= 15 is 0 Å². The van der Waals surface area contributed by atoms with Crippen molar-refractivity contribution in [2.24, 2.45) is 0 Å². The van der Waals surface area contributed by atoms with E-state index in [2.05, 4.69) is 22.5 Å². The first-order chi connectivity index (χ1) is 7.50. The van der Waals surface area contributed by atoms with Crippen LogP contribution in [-0.2, 0) is 4.74 Å². The van der Waals surface area contributed by atoms with Crippen molar-refractivity contribution in [3.63, 3.8) is 0 Å². The largest absolute Gasteiger partial charge is 0.457 e. The van der Waals surface area contributed by atoms with Crippen LogP contribution in [0.3, 0.4) is 0 Å². The number of esters is 1. The van der Waals surface area contributed by atoms with Gasteiger partial charge in [-0.25, -0.2) is 4.79 Å². The smallest absolute Gasteiger partial charge is 0.338 e. The molecule has 0 aliphatic rings. The van der Waals surface area contributed by atoms with Gasteiger partial charge in [-0.2, -0.15) is 0 Å². The van der Waals surface area contributed by atoms with Crippen LogP contribution >= 0.6 is 15.9 Å². The van der Waals surface area contributed by atoms with E-state index in [0.717, 1.165) is 0 Å². The molecule has 0 fully saturated rings. The molecule has 0 N–H and O–H groups in total. The highest BCUT2D eigenvalue weighted by Gasteiger charge is 2.10. The van der Waals surface area contributed by atoms with Crippen LogP contribution in [0.15, 0.2) is 35.3 Å². The molecule has 84 valence electrons. The Bertz CT molecular complexity index is 427. The zero-order valence-corrected chi connectivity index (χ0v) is 9.77. The van der Waals surface area contributed by atoms with Gasteiger partial charge < -0.3 is 4.74 Å². The van der Waals surface area contributed by atoms with Gasteiger partial charge in [-0.15, -0.1) is 0 Å². The Kier molecular flexibility index (Phi) is 4.19. The van der Waals surface area contributed by atoms with E-state index in [-0.39, 0.29) is 17.9 Å². The van der Waals surface area contributed by atoms with Crippen molar-refractivity contribution in [1.82, 2.24) is 0 Å². The van der Waals surface area contributed by atoms with Gasteiger partial charge in [0, 0.05) is 16.6 Å². The van der Waals surface area contributed by atoms with Crippen molar-refractivity contribution in [1.29, 1.82) is 0 Å². The second-order valence-electron chi connectivity index (χ2n) is 2.90. The summed E-state index contributed by atoms with van der Waals surface area (Å²) in [5.74, 6) is -0.546. The first kappa shape index (κ1) is 12.4. The molecule has 0 aliphatic carbocycles. The number of ether oxygens (including phenoxy) is 1. The minimum absolute atomic E-state index is 0.0653. The summed E-state index contributed by atoms with van der Waals surface area (Å²) < 4.78 is 5.38. The zero-order valence-electron chi connectivity index (χ0n) is 8.18. The third-order valence-electron chi connectivity index (χ3n) is 1.67. The van der Waals surface area contributed by atoms with E-state index in [0.29, 0.717) is 4.48 Å². The lowest BCUT2D eigenvalue weighted by molar-refractivity contribution is -0.384. The van der Waals surface area contributed by atoms with Crippen molar-refractivity contribution in [3.8, 4) is 0 Å². The summed E-state index contributed by atoms with van der Waals surface area (Å²) in [5.41, 5.74) is 0.195. The molecule has 0 saturated carbocycles. The summed E-state index contributed by atoms with van der Waals surface area (Å²) in [5, 5.41) is 10.4. The van der Waals surface area contributed by atoms with Crippen LogP contribution in [0.1, 0.15) is 10.4 Å². The van der Waals surface area contributed by atoms with Crippen LogP contribution in [0.5, 0.6) is 0 Å². The van der Waals surface area contributed by atoms with E-state index < -0.39 is 10.9 Å². The highest BCUT2D eigenvalue weighted by Crippen LogP contribution is 2.13. The molecule has 0 radical (unpaired) electrons. The van der Waals surface area contributed by atoms with Crippen LogP contribution in [0, 0.1) is 10.1 Å². The monoisotopic (exact) mass is 285 g/mol. The quantitative estimate of drug-likeness (QED) is 0.484. The van der Waals surface area contributed by atoms with Crippen LogP contribution in [-0.4, -0.2) is 17.5 Å². The lowest BCUT2D eigenvalue weighted by Gasteiger charge is -2.02. The SMILES string of the molecule is C=C(Br)COC(=O)c1ccc([N+](=O)[O-])cc1. The Balaban J connectivity index is 2.70. The van der Waals surface area contributed by atoms with Gasteiger partial charge >= 0.3 is 5.97 Å². The van der Waals surface area contributed by atoms with E-state index in [1.54, 1.807) is 0 Å². The molecular weight excluding hydrogens is 278 g/mol. The van der Waals surface area contributed by atoms with Crippen molar-refractivity contribution < 1.29 is 14.5 Å². The molecular formula is C10H8BrNO4. The minimum Gasteiger partial charge on any atom is -0.457 e. The van der Waals surface area contributed by atoms with Crippen LogP contribution in [0.2, 0.25) is 0 Å². The summed E-state index contributed by atoms with van der Waals surface area (Å²) >= 11 is 3.05. The second-order valence-corrected chi connectivity index (χ2v) is 4.02. The number of non-ortho nitro benzene ring substituents is 1. The molecule has 0 unspecified atom stereocenters. The Hall–Kier alpha value is -1.69. The second kappa shape index (κ2) is 5.41. The van der Waals surface area contributed by atoms with Gasteiger partial charge in [-0.05, 0) is 12.1 Å². The first-order valence-electron chi connectivity index (χ1n) is 4.25. The number of halogens is 1. The fourth-order valence-electron chi connectivity index (χ4n) is 0.946. The molecule has 6 heteroatoms. The maximum absolute atomic E-state index is 11.4. The van der Waals surface area contributed by atoms with E-state index in [9.17, 15) is 14.9 Å². The Labute approximate surface area is 100.0 Å². The number of nitro benzene ring substituents is 1. The van der Waals surface area contributed by atoms with Crippen LogP contribution in [0.4, 0.5) is 5.69 Å².